The highest BCUT2D eigenvalue weighted by Gasteiger charge is 2.33. The van der Waals surface area contributed by atoms with E-state index in [9.17, 15) is 4.79 Å². The Hall–Kier alpha value is -3.81. The van der Waals surface area contributed by atoms with Crippen LogP contribution >= 0.6 is 0 Å². The van der Waals surface area contributed by atoms with E-state index in [1.165, 1.54) is 6.33 Å². The van der Waals surface area contributed by atoms with Crippen LogP contribution in [0.15, 0.2) is 66.1 Å². The van der Waals surface area contributed by atoms with Gasteiger partial charge < -0.3 is 20.1 Å². The lowest BCUT2D eigenvalue weighted by Crippen LogP contribution is -2.31. The van der Waals surface area contributed by atoms with Crippen LogP contribution < -0.4 is 20.1 Å². The second kappa shape index (κ2) is 8.91. The van der Waals surface area contributed by atoms with Gasteiger partial charge >= 0.3 is 0 Å². The summed E-state index contributed by atoms with van der Waals surface area (Å²) >= 11 is 0. The first-order valence-corrected chi connectivity index (χ1v) is 10.2. The number of carbonyl (C=O) groups excluding carboxylic acids is 1. The largest absolute Gasteiger partial charge is 0.495 e. The summed E-state index contributed by atoms with van der Waals surface area (Å²) in [5.41, 5.74) is 2.72. The van der Waals surface area contributed by atoms with Gasteiger partial charge in [0.1, 0.15) is 23.9 Å². The van der Waals surface area contributed by atoms with Crippen LogP contribution in [0.4, 0.5) is 11.6 Å². The summed E-state index contributed by atoms with van der Waals surface area (Å²) in [6.07, 6.45) is 2.39. The minimum absolute atomic E-state index is 0.250. The van der Waals surface area contributed by atoms with Gasteiger partial charge in [-0.1, -0.05) is 31.2 Å². The van der Waals surface area contributed by atoms with E-state index >= 15 is 0 Å². The van der Waals surface area contributed by atoms with Crippen LogP contribution in [0.3, 0.4) is 0 Å². The van der Waals surface area contributed by atoms with Crippen molar-refractivity contribution in [2.45, 2.75) is 26.3 Å². The van der Waals surface area contributed by atoms with E-state index in [1.807, 2.05) is 43.3 Å². The van der Waals surface area contributed by atoms with E-state index in [0.717, 1.165) is 17.7 Å². The van der Waals surface area contributed by atoms with Gasteiger partial charge in [0.25, 0.3) is 5.91 Å². The zero-order valence-electron chi connectivity index (χ0n) is 17.8. The molecule has 1 amide bonds. The number of rotatable bonds is 7. The molecule has 0 spiro atoms. The Balaban J connectivity index is 1.74. The van der Waals surface area contributed by atoms with Crippen molar-refractivity contribution in [3.8, 4) is 11.5 Å². The number of carbonyl (C=O) groups is 1. The molecule has 0 fully saturated rings. The van der Waals surface area contributed by atoms with Crippen molar-refractivity contribution >= 4 is 17.5 Å². The fourth-order valence-electron chi connectivity index (χ4n) is 3.63. The molecule has 1 aliphatic rings. The highest BCUT2D eigenvalue weighted by molar-refractivity contribution is 6.06. The molecular formula is C23H25N5O3. The predicted molar refractivity (Wildman–Crippen MR) is 118 cm³/mol. The second-order valence-electron chi connectivity index (χ2n) is 7.17. The summed E-state index contributed by atoms with van der Waals surface area (Å²) in [4.78, 5) is 17.7. The van der Waals surface area contributed by atoms with Crippen molar-refractivity contribution in [3.05, 3.63) is 71.7 Å². The maximum Gasteiger partial charge on any atom is 0.255 e. The first-order chi connectivity index (χ1) is 15.1. The van der Waals surface area contributed by atoms with E-state index in [4.69, 9.17) is 9.47 Å². The Bertz CT molecular complexity index is 1120. The predicted octanol–water partition coefficient (Wildman–Crippen LogP) is 4.00. The summed E-state index contributed by atoms with van der Waals surface area (Å²) in [7, 11) is 1.57. The van der Waals surface area contributed by atoms with Crippen molar-refractivity contribution in [3.63, 3.8) is 0 Å². The number of nitrogens with one attached hydrogen (secondary N) is 2. The molecule has 0 saturated carbocycles. The molecule has 160 valence electrons. The molecule has 3 aromatic rings. The van der Waals surface area contributed by atoms with Gasteiger partial charge in [-0.25, -0.2) is 4.68 Å². The highest BCUT2D eigenvalue weighted by atomic mass is 16.5. The number of aromatic nitrogens is 3. The molecule has 2 N–H and O–H groups in total. The molecular weight excluding hydrogens is 394 g/mol. The van der Waals surface area contributed by atoms with Gasteiger partial charge in [0, 0.05) is 5.70 Å². The van der Waals surface area contributed by atoms with E-state index in [0.29, 0.717) is 35.3 Å². The zero-order valence-corrected chi connectivity index (χ0v) is 17.8. The molecule has 31 heavy (non-hydrogen) atoms. The Morgan fingerprint density at radius 1 is 1.23 bits per heavy atom. The number of anilines is 2. The van der Waals surface area contributed by atoms with Crippen molar-refractivity contribution in [2.75, 3.05) is 24.4 Å². The first kappa shape index (κ1) is 20.5. The zero-order chi connectivity index (χ0) is 21.8. The van der Waals surface area contributed by atoms with Crippen LogP contribution in [0, 0.1) is 0 Å². The number of ether oxygens (including phenoxy) is 2. The molecule has 0 bridgehead atoms. The van der Waals surface area contributed by atoms with Gasteiger partial charge in [0.15, 0.2) is 0 Å². The molecule has 4 rings (SSSR count). The molecule has 1 unspecified atom stereocenters. The molecule has 8 heteroatoms. The fourth-order valence-corrected chi connectivity index (χ4v) is 3.63. The van der Waals surface area contributed by atoms with Gasteiger partial charge in [0.05, 0.1) is 25.0 Å². The summed E-state index contributed by atoms with van der Waals surface area (Å²) in [6, 6.07) is 14.6. The van der Waals surface area contributed by atoms with Crippen LogP contribution in [0.2, 0.25) is 0 Å². The SMILES string of the molecule is CCCOc1cccc(C2C(C(=O)Nc3ccccc3OC)=C(C)Nc3ncnn32)c1. The molecule has 0 radical (unpaired) electrons. The minimum Gasteiger partial charge on any atom is -0.495 e. The summed E-state index contributed by atoms with van der Waals surface area (Å²) in [5.74, 6) is 1.67. The number of amides is 1. The number of para-hydroxylation sites is 2. The maximum atomic E-state index is 13.5. The van der Waals surface area contributed by atoms with Crippen LogP contribution in [0.25, 0.3) is 0 Å². The lowest BCUT2D eigenvalue weighted by atomic mass is 9.94. The smallest absolute Gasteiger partial charge is 0.255 e. The Labute approximate surface area is 180 Å². The van der Waals surface area contributed by atoms with Crippen LogP contribution in [0.5, 0.6) is 11.5 Å². The third kappa shape index (κ3) is 4.09. The molecule has 0 saturated heterocycles. The number of fused-ring (bicyclic) bond motifs is 1. The quantitative estimate of drug-likeness (QED) is 0.602. The number of methoxy groups -OCH3 is 1. The highest BCUT2D eigenvalue weighted by Crippen LogP contribution is 2.37. The number of benzene rings is 2. The third-order valence-electron chi connectivity index (χ3n) is 5.04. The van der Waals surface area contributed by atoms with Crippen LogP contribution in [0.1, 0.15) is 31.9 Å². The molecule has 0 aliphatic carbocycles. The molecule has 1 aliphatic heterocycles. The Morgan fingerprint density at radius 3 is 2.87 bits per heavy atom. The van der Waals surface area contributed by atoms with Crippen LogP contribution in [-0.4, -0.2) is 34.4 Å². The van der Waals surface area contributed by atoms with Crippen molar-refractivity contribution < 1.29 is 14.3 Å². The summed E-state index contributed by atoms with van der Waals surface area (Å²) in [5, 5.41) is 10.5. The molecule has 2 heterocycles. The maximum absolute atomic E-state index is 13.5. The van der Waals surface area contributed by atoms with Crippen molar-refractivity contribution in [2.24, 2.45) is 0 Å². The first-order valence-electron chi connectivity index (χ1n) is 10.2. The van der Waals surface area contributed by atoms with Gasteiger partial charge in [-0.15, -0.1) is 0 Å². The number of nitrogens with zero attached hydrogens (tertiary/aromatic N) is 3. The van der Waals surface area contributed by atoms with E-state index in [-0.39, 0.29) is 5.91 Å². The fraction of sp³-hybridized carbons (Fsp3) is 0.261. The Morgan fingerprint density at radius 2 is 2.06 bits per heavy atom. The number of allylic oxidation sites excluding steroid dienone is 1. The summed E-state index contributed by atoms with van der Waals surface area (Å²) in [6.45, 7) is 4.55. The molecule has 2 aromatic carbocycles. The number of hydrogen-bond donors (Lipinski definition) is 2. The van der Waals surface area contributed by atoms with Crippen LogP contribution in [-0.2, 0) is 4.79 Å². The summed E-state index contributed by atoms with van der Waals surface area (Å²) < 4.78 is 12.9. The van der Waals surface area contributed by atoms with Gasteiger partial charge in [-0.2, -0.15) is 10.1 Å². The minimum atomic E-state index is -0.460. The Kier molecular flexibility index (Phi) is 5.88. The van der Waals surface area contributed by atoms with E-state index < -0.39 is 6.04 Å². The standard InChI is InChI=1S/C23H25N5O3/c1-4-12-31-17-9-7-8-16(13-17)21-20(15(2)26-23-24-14-25-28(21)23)22(29)27-18-10-5-6-11-19(18)30-3/h5-11,13-14,21H,4,12H2,1-3H3,(H,27,29)(H,24,25,26). The third-order valence-corrected chi connectivity index (χ3v) is 5.04. The molecule has 1 aromatic heterocycles. The van der Waals surface area contributed by atoms with Gasteiger partial charge in [0.2, 0.25) is 5.95 Å². The monoisotopic (exact) mass is 419 g/mol. The average Bonchev–Trinajstić information content (AvgIpc) is 3.25. The van der Waals surface area contributed by atoms with Crippen molar-refractivity contribution in [1.29, 1.82) is 0 Å². The van der Waals surface area contributed by atoms with Gasteiger partial charge in [-0.05, 0) is 43.2 Å². The topological polar surface area (TPSA) is 90.3 Å². The lowest BCUT2D eigenvalue weighted by Gasteiger charge is -2.29. The van der Waals surface area contributed by atoms with Gasteiger partial charge in [-0.3, -0.25) is 4.79 Å². The average molecular weight is 419 g/mol. The van der Waals surface area contributed by atoms with E-state index in [1.54, 1.807) is 23.9 Å². The second-order valence-corrected chi connectivity index (χ2v) is 7.17. The molecule has 8 nitrogen and oxygen atoms in total. The van der Waals surface area contributed by atoms with E-state index in [2.05, 4.69) is 27.6 Å². The normalized spacial score (nSPS) is 15.1. The van der Waals surface area contributed by atoms with Crippen molar-refractivity contribution in [1.82, 2.24) is 14.8 Å². The lowest BCUT2D eigenvalue weighted by molar-refractivity contribution is -0.113. The molecule has 1 atom stereocenters. The number of hydrogen-bond acceptors (Lipinski definition) is 6.